The van der Waals surface area contributed by atoms with Gasteiger partial charge in [-0.25, -0.2) is 0 Å². The summed E-state index contributed by atoms with van der Waals surface area (Å²) in [7, 11) is -1.15. The summed E-state index contributed by atoms with van der Waals surface area (Å²) in [4.78, 5) is 32.0. The lowest BCUT2D eigenvalue weighted by molar-refractivity contribution is -0.149. The van der Waals surface area contributed by atoms with Crippen LogP contribution >= 0.6 is 0 Å². The Hall–Kier alpha value is -2.30. The SMILES string of the molecule is C[C@H]1CCC(c2ccncc2)N(C(=O)C(=O)N[C@H]2CC=NN(COCC[Si](C)(C)C)CC2N)C1. The summed E-state index contributed by atoms with van der Waals surface area (Å²) in [5.41, 5.74) is 7.40. The average molecular weight is 489 g/mol. The van der Waals surface area contributed by atoms with Crippen LogP contribution < -0.4 is 11.1 Å². The molecule has 4 atom stereocenters. The molecule has 1 aromatic rings. The normalized spacial score (nSPS) is 25.7. The fourth-order valence-corrected chi connectivity index (χ4v) is 5.10. The summed E-state index contributed by atoms with van der Waals surface area (Å²) < 4.78 is 5.79. The zero-order valence-electron chi connectivity index (χ0n) is 20.9. The number of hydrogen-bond acceptors (Lipinski definition) is 7. The number of carbonyl (C=O) groups excluding carboxylic acids is 2. The van der Waals surface area contributed by atoms with Crippen molar-refractivity contribution in [3.05, 3.63) is 30.1 Å². The fraction of sp³-hybridized carbons (Fsp3) is 0.667. The third kappa shape index (κ3) is 7.61. The van der Waals surface area contributed by atoms with Crippen LogP contribution in [-0.4, -0.2) is 79.5 Å². The van der Waals surface area contributed by atoms with Gasteiger partial charge < -0.3 is 20.7 Å². The van der Waals surface area contributed by atoms with E-state index in [1.807, 2.05) is 12.1 Å². The molecule has 0 spiro atoms. The molecular formula is C24H40N6O3Si. The topological polar surface area (TPSA) is 113 Å². The highest BCUT2D eigenvalue weighted by Gasteiger charge is 2.35. The van der Waals surface area contributed by atoms with E-state index < -0.39 is 19.9 Å². The molecule has 2 amide bonds. The van der Waals surface area contributed by atoms with E-state index in [1.165, 1.54) is 0 Å². The molecule has 2 aliphatic heterocycles. The molecule has 2 unspecified atom stereocenters. The fourth-order valence-electron chi connectivity index (χ4n) is 4.34. The monoisotopic (exact) mass is 488 g/mol. The third-order valence-corrected chi connectivity index (χ3v) is 8.16. The highest BCUT2D eigenvalue weighted by atomic mass is 28.3. The van der Waals surface area contributed by atoms with Crippen molar-refractivity contribution in [2.45, 2.75) is 70.0 Å². The molecule has 0 aromatic carbocycles. The molecule has 0 aliphatic carbocycles. The van der Waals surface area contributed by atoms with Crippen LogP contribution in [0.25, 0.3) is 0 Å². The Bertz CT molecular complexity index is 847. The van der Waals surface area contributed by atoms with Crippen molar-refractivity contribution in [3.63, 3.8) is 0 Å². The molecule has 1 aromatic heterocycles. The van der Waals surface area contributed by atoms with Gasteiger partial charge in [0.2, 0.25) is 0 Å². The van der Waals surface area contributed by atoms with Gasteiger partial charge in [0.25, 0.3) is 0 Å². The van der Waals surface area contributed by atoms with E-state index in [-0.39, 0.29) is 18.1 Å². The molecule has 0 radical (unpaired) electrons. The lowest BCUT2D eigenvalue weighted by atomic mass is 9.90. The zero-order valence-corrected chi connectivity index (χ0v) is 21.9. The highest BCUT2D eigenvalue weighted by Crippen LogP contribution is 2.33. The first kappa shape index (κ1) is 26.3. The molecule has 9 nitrogen and oxygen atoms in total. The smallest absolute Gasteiger partial charge is 0.312 e. The molecule has 3 heterocycles. The lowest BCUT2D eigenvalue weighted by Crippen LogP contribution is -2.55. The summed E-state index contributed by atoms with van der Waals surface area (Å²) in [6.45, 7) is 11.1. The van der Waals surface area contributed by atoms with Crippen molar-refractivity contribution in [1.29, 1.82) is 0 Å². The van der Waals surface area contributed by atoms with Crippen LogP contribution in [0, 0.1) is 5.92 Å². The largest absolute Gasteiger partial charge is 0.360 e. The minimum Gasteiger partial charge on any atom is -0.360 e. The van der Waals surface area contributed by atoms with Gasteiger partial charge in [0.05, 0.1) is 18.6 Å². The van der Waals surface area contributed by atoms with E-state index in [2.05, 4.69) is 42.0 Å². The van der Waals surface area contributed by atoms with Crippen LogP contribution in [0.1, 0.15) is 37.8 Å². The number of aromatic nitrogens is 1. The second-order valence-electron chi connectivity index (χ2n) is 10.8. The highest BCUT2D eigenvalue weighted by molar-refractivity contribution is 6.76. The van der Waals surface area contributed by atoms with Crippen LogP contribution in [-0.2, 0) is 14.3 Å². The molecule has 188 valence electrons. The molecular weight excluding hydrogens is 448 g/mol. The lowest BCUT2D eigenvalue weighted by Gasteiger charge is -2.38. The summed E-state index contributed by atoms with van der Waals surface area (Å²) in [5, 5.41) is 9.09. The quantitative estimate of drug-likeness (QED) is 0.346. The molecule has 34 heavy (non-hydrogen) atoms. The van der Waals surface area contributed by atoms with E-state index in [0.717, 1.165) is 24.4 Å². The number of rotatable bonds is 7. The number of ether oxygens (including phenoxy) is 1. The van der Waals surface area contributed by atoms with Gasteiger partial charge in [0.15, 0.2) is 0 Å². The zero-order chi connectivity index (χ0) is 24.7. The number of nitrogens with zero attached hydrogens (tertiary/aromatic N) is 4. The number of amides is 2. The van der Waals surface area contributed by atoms with E-state index in [9.17, 15) is 9.59 Å². The van der Waals surface area contributed by atoms with Gasteiger partial charge in [-0.3, -0.25) is 19.6 Å². The second-order valence-corrected chi connectivity index (χ2v) is 16.4. The summed E-state index contributed by atoms with van der Waals surface area (Å²) >= 11 is 0. The van der Waals surface area contributed by atoms with Gasteiger partial charge in [-0.05, 0) is 42.5 Å². The number of hydrazone groups is 1. The van der Waals surface area contributed by atoms with E-state index >= 15 is 0 Å². The maximum absolute atomic E-state index is 13.2. The maximum atomic E-state index is 13.2. The molecule has 3 N–H and O–H groups in total. The summed E-state index contributed by atoms with van der Waals surface area (Å²) in [5.74, 6) is -0.772. The molecule has 2 aliphatic rings. The molecule has 1 fully saturated rings. The average Bonchev–Trinajstić information content (AvgIpc) is 2.97. The molecule has 0 saturated carbocycles. The Morgan fingerprint density at radius 3 is 2.65 bits per heavy atom. The second kappa shape index (κ2) is 11.9. The van der Waals surface area contributed by atoms with Crippen molar-refractivity contribution in [2.75, 3.05) is 26.4 Å². The summed E-state index contributed by atoms with van der Waals surface area (Å²) in [6.07, 6.45) is 7.49. The first-order chi connectivity index (χ1) is 16.1. The Kier molecular flexibility index (Phi) is 9.21. The van der Waals surface area contributed by atoms with Crippen LogP contribution in [0.15, 0.2) is 29.6 Å². The number of likely N-dealkylation sites (tertiary alicyclic amines) is 1. The van der Waals surface area contributed by atoms with E-state index in [4.69, 9.17) is 10.5 Å². The first-order valence-corrected chi connectivity index (χ1v) is 16.0. The predicted molar refractivity (Wildman–Crippen MR) is 136 cm³/mol. The van der Waals surface area contributed by atoms with Gasteiger partial charge in [0, 0.05) is 52.3 Å². The van der Waals surface area contributed by atoms with Crippen molar-refractivity contribution in [2.24, 2.45) is 16.8 Å². The number of nitrogens with one attached hydrogen (secondary N) is 1. The Balaban J connectivity index is 1.55. The van der Waals surface area contributed by atoms with Gasteiger partial charge in [-0.15, -0.1) is 0 Å². The minimum atomic E-state index is -1.15. The van der Waals surface area contributed by atoms with Crippen molar-refractivity contribution < 1.29 is 14.3 Å². The number of nitrogens with two attached hydrogens (primary N) is 1. The van der Waals surface area contributed by atoms with Gasteiger partial charge in [-0.1, -0.05) is 26.6 Å². The molecule has 10 heteroatoms. The van der Waals surface area contributed by atoms with Crippen molar-refractivity contribution >= 4 is 26.1 Å². The number of piperidine rings is 1. The van der Waals surface area contributed by atoms with E-state index in [1.54, 1.807) is 28.5 Å². The number of pyridine rings is 1. The Labute approximate surface area is 204 Å². The number of carbonyl (C=O) groups is 2. The maximum Gasteiger partial charge on any atom is 0.312 e. The van der Waals surface area contributed by atoms with Gasteiger partial charge in [0.1, 0.15) is 6.73 Å². The van der Waals surface area contributed by atoms with Crippen molar-refractivity contribution in [3.8, 4) is 0 Å². The summed E-state index contributed by atoms with van der Waals surface area (Å²) in [6, 6.07) is 4.07. The van der Waals surface area contributed by atoms with Crippen LogP contribution in [0.5, 0.6) is 0 Å². The minimum absolute atomic E-state index is 0.120. The number of hydrogen-bond donors (Lipinski definition) is 2. The predicted octanol–water partition coefficient (Wildman–Crippen LogP) is 2.20. The van der Waals surface area contributed by atoms with Gasteiger partial charge in [-0.2, -0.15) is 5.10 Å². The van der Waals surface area contributed by atoms with Crippen molar-refractivity contribution in [1.82, 2.24) is 20.2 Å². The Morgan fingerprint density at radius 1 is 1.21 bits per heavy atom. The third-order valence-electron chi connectivity index (χ3n) is 6.46. The Morgan fingerprint density at radius 2 is 1.94 bits per heavy atom. The van der Waals surface area contributed by atoms with Crippen LogP contribution in [0.3, 0.4) is 0 Å². The van der Waals surface area contributed by atoms with Crippen LogP contribution in [0.2, 0.25) is 25.7 Å². The van der Waals surface area contributed by atoms with Gasteiger partial charge >= 0.3 is 11.8 Å². The van der Waals surface area contributed by atoms with E-state index in [0.29, 0.717) is 38.8 Å². The standard InChI is InChI=1S/C24H40N6O3Si/c1-18-5-6-22(19-7-10-26-11-8-19)30(15-18)24(32)23(31)28-21-9-12-27-29(16-20(21)25)17-33-13-14-34(2,3)4/h7-8,10-12,18,20-22H,5-6,9,13-17,25H2,1-4H3,(H,28,31)/t18-,20?,21-,22?/m0/s1. The molecule has 1 saturated heterocycles. The molecule has 0 bridgehead atoms. The first-order valence-electron chi connectivity index (χ1n) is 12.3. The van der Waals surface area contributed by atoms with Crippen LogP contribution in [0.4, 0.5) is 0 Å². The molecule has 3 rings (SSSR count).